The Bertz CT molecular complexity index is 921. The minimum atomic E-state index is -3.67. The maximum Gasteiger partial charge on any atom is 0.261 e. The number of hydrogen-bond acceptors (Lipinski definition) is 5. The molecule has 0 aromatic heterocycles. The van der Waals surface area contributed by atoms with Crippen LogP contribution in [0, 0.1) is 0 Å². The summed E-state index contributed by atoms with van der Waals surface area (Å²) in [6.45, 7) is 4.56. The third kappa shape index (κ3) is 5.95. The highest BCUT2D eigenvalue weighted by Gasteiger charge is 2.29. The van der Waals surface area contributed by atoms with Crippen molar-refractivity contribution in [2.75, 3.05) is 39.5 Å². The van der Waals surface area contributed by atoms with Gasteiger partial charge in [0, 0.05) is 47.0 Å². The summed E-state index contributed by atoms with van der Waals surface area (Å²) in [5.41, 5.74) is 2.84. The summed E-state index contributed by atoms with van der Waals surface area (Å²) in [6, 6.07) is 15.7. The average molecular weight is 441 g/mol. The first-order chi connectivity index (χ1) is 13.2. The predicted octanol–water partition coefficient (Wildman–Crippen LogP) is 3.84. The lowest BCUT2D eigenvalue weighted by Gasteiger charge is -2.38. The quantitative estimate of drug-likeness (QED) is 0.680. The minimum Gasteiger partial charge on any atom is -0.304 e. The first-order valence-electron chi connectivity index (χ1n) is 9.11. The van der Waals surface area contributed by atoms with E-state index in [-0.39, 0.29) is 0 Å². The zero-order chi connectivity index (χ0) is 20.3. The van der Waals surface area contributed by atoms with Gasteiger partial charge >= 0.3 is 0 Å². The number of likely N-dealkylation sites (N-methyl/N-ethyl adjacent to an activating group) is 1. The van der Waals surface area contributed by atoms with Gasteiger partial charge in [-0.05, 0) is 48.9 Å². The topological polar surface area (TPSA) is 60.9 Å². The third-order valence-corrected chi connectivity index (χ3v) is 6.36. The van der Waals surface area contributed by atoms with Crippen molar-refractivity contribution in [3.63, 3.8) is 0 Å². The molecule has 0 saturated carbocycles. The van der Waals surface area contributed by atoms with Crippen LogP contribution in [0.15, 0.2) is 52.3 Å². The number of halogens is 1. The van der Waals surface area contributed by atoms with Gasteiger partial charge in [-0.2, -0.15) is 8.42 Å². The second-order valence-corrected chi connectivity index (χ2v) is 10.2. The molecule has 2 aromatic rings. The van der Waals surface area contributed by atoms with E-state index < -0.39 is 10.1 Å². The summed E-state index contributed by atoms with van der Waals surface area (Å²) in [5, 5.41) is 0.840. The van der Waals surface area contributed by atoms with Crippen molar-refractivity contribution in [2.24, 2.45) is 0 Å². The van der Waals surface area contributed by atoms with Crippen molar-refractivity contribution in [2.45, 2.75) is 22.3 Å². The maximum atomic E-state index is 9.19. The summed E-state index contributed by atoms with van der Waals surface area (Å²) >= 11 is 8.15. The zero-order valence-electron chi connectivity index (χ0n) is 16.0. The molecule has 5 nitrogen and oxygen atoms in total. The number of fused-ring (bicyclic) bond motifs is 2. The molecule has 0 spiro atoms. The Morgan fingerprint density at radius 2 is 1.71 bits per heavy atom. The summed E-state index contributed by atoms with van der Waals surface area (Å²) in [6.07, 6.45) is 1.76. The van der Waals surface area contributed by atoms with E-state index in [1.807, 2.05) is 17.8 Å². The van der Waals surface area contributed by atoms with Gasteiger partial charge in [-0.25, -0.2) is 0 Å². The van der Waals surface area contributed by atoms with Gasteiger partial charge < -0.3 is 4.90 Å². The molecule has 2 heterocycles. The van der Waals surface area contributed by atoms with Crippen LogP contribution in [0.2, 0.25) is 5.02 Å². The van der Waals surface area contributed by atoms with E-state index in [1.54, 1.807) is 0 Å². The monoisotopic (exact) mass is 440 g/mol. The van der Waals surface area contributed by atoms with Crippen LogP contribution in [0.4, 0.5) is 0 Å². The fourth-order valence-corrected chi connectivity index (χ4v) is 4.86. The average Bonchev–Trinajstić information content (AvgIpc) is 2.77. The molecule has 2 aliphatic heterocycles. The van der Waals surface area contributed by atoms with Crippen LogP contribution in [0.25, 0.3) is 0 Å². The fourth-order valence-electron chi connectivity index (χ4n) is 3.55. The predicted molar refractivity (Wildman–Crippen MR) is 115 cm³/mol. The first kappa shape index (κ1) is 21.6. The Hall–Kier alpha value is -1.09. The van der Waals surface area contributed by atoms with E-state index in [9.17, 15) is 8.42 Å². The lowest BCUT2D eigenvalue weighted by molar-refractivity contribution is 0.110. The van der Waals surface area contributed by atoms with Gasteiger partial charge in [0.1, 0.15) is 0 Å². The van der Waals surface area contributed by atoms with Gasteiger partial charge in [0.15, 0.2) is 0 Å². The van der Waals surface area contributed by atoms with E-state index in [2.05, 4.69) is 53.2 Å². The number of nitrogens with zero attached hydrogens (tertiary/aromatic N) is 2. The lowest BCUT2D eigenvalue weighted by Crippen LogP contribution is -2.46. The summed E-state index contributed by atoms with van der Waals surface area (Å²) < 4.78 is 25.9. The van der Waals surface area contributed by atoms with Crippen LogP contribution in [0.5, 0.6) is 0 Å². The van der Waals surface area contributed by atoms with Gasteiger partial charge in [-0.1, -0.05) is 41.6 Å². The van der Waals surface area contributed by atoms with Crippen molar-refractivity contribution in [1.29, 1.82) is 0 Å². The number of benzene rings is 2. The van der Waals surface area contributed by atoms with Gasteiger partial charge in [0.25, 0.3) is 10.1 Å². The van der Waals surface area contributed by atoms with Crippen molar-refractivity contribution >= 4 is 33.5 Å². The molecule has 4 rings (SSSR count). The molecule has 0 bridgehead atoms. The molecule has 0 amide bonds. The maximum absolute atomic E-state index is 9.19. The Labute approximate surface area is 176 Å². The molecular formula is C20H25ClN2O3S2. The van der Waals surface area contributed by atoms with Gasteiger partial charge in [0.05, 0.1) is 6.26 Å². The summed E-state index contributed by atoms with van der Waals surface area (Å²) in [4.78, 5) is 7.80. The Morgan fingerprint density at radius 3 is 2.39 bits per heavy atom. The molecule has 28 heavy (non-hydrogen) atoms. The molecule has 1 saturated heterocycles. The van der Waals surface area contributed by atoms with Crippen molar-refractivity contribution in [3.8, 4) is 0 Å². The summed E-state index contributed by atoms with van der Waals surface area (Å²) in [5.74, 6) is 0. The van der Waals surface area contributed by atoms with Crippen molar-refractivity contribution < 1.29 is 13.0 Å². The standard InChI is InChI=1S/C19H21ClN2S.CH4O3S/c1-21-8-10-22(11-9-21)17-13-14-12-15(20)6-7-18(14)23-19-5-3-2-4-16(17)19;1-5(2,3)4/h2-7,12,17H,8-11,13H2,1H3;1H3,(H,2,3,4). The normalized spacial score (nSPS) is 20.4. The van der Waals surface area contributed by atoms with Gasteiger partial charge in [0.2, 0.25) is 0 Å². The second-order valence-electron chi connectivity index (χ2n) is 7.18. The number of piperazine rings is 1. The third-order valence-electron chi connectivity index (χ3n) is 4.91. The highest BCUT2D eigenvalue weighted by molar-refractivity contribution is 7.99. The number of rotatable bonds is 1. The molecule has 2 aliphatic rings. The van der Waals surface area contributed by atoms with Crippen LogP contribution in [0.3, 0.4) is 0 Å². The van der Waals surface area contributed by atoms with Gasteiger partial charge in [-0.15, -0.1) is 0 Å². The zero-order valence-corrected chi connectivity index (χ0v) is 18.4. The second kappa shape index (κ2) is 9.15. The summed E-state index contributed by atoms with van der Waals surface area (Å²) in [7, 11) is -1.46. The van der Waals surface area contributed by atoms with Gasteiger partial charge in [-0.3, -0.25) is 9.45 Å². The lowest BCUT2D eigenvalue weighted by atomic mass is 9.96. The Balaban J connectivity index is 0.000000403. The van der Waals surface area contributed by atoms with Crippen LogP contribution in [0.1, 0.15) is 17.2 Å². The fraction of sp³-hybridized carbons (Fsp3) is 0.400. The van der Waals surface area contributed by atoms with Crippen LogP contribution < -0.4 is 0 Å². The van der Waals surface area contributed by atoms with E-state index >= 15 is 0 Å². The van der Waals surface area contributed by atoms with E-state index in [0.717, 1.165) is 37.6 Å². The molecule has 1 N–H and O–H groups in total. The van der Waals surface area contributed by atoms with E-state index in [0.29, 0.717) is 12.3 Å². The Morgan fingerprint density at radius 1 is 1.07 bits per heavy atom. The minimum absolute atomic E-state index is 0.451. The molecule has 0 aliphatic carbocycles. The van der Waals surface area contributed by atoms with Crippen LogP contribution in [-0.2, 0) is 16.5 Å². The molecule has 152 valence electrons. The van der Waals surface area contributed by atoms with E-state index in [4.69, 9.17) is 16.2 Å². The van der Waals surface area contributed by atoms with Crippen molar-refractivity contribution in [1.82, 2.24) is 9.80 Å². The van der Waals surface area contributed by atoms with Crippen molar-refractivity contribution in [3.05, 3.63) is 58.6 Å². The highest BCUT2D eigenvalue weighted by atomic mass is 35.5. The molecule has 8 heteroatoms. The molecule has 2 aromatic carbocycles. The molecular weight excluding hydrogens is 416 g/mol. The van der Waals surface area contributed by atoms with Crippen LogP contribution in [-0.4, -0.2) is 62.3 Å². The Kier molecular flexibility index (Phi) is 7.07. The number of hydrogen-bond donors (Lipinski definition) is 1. The SMILES string of the molecule is CN1CCN(C2Cc3cc(Cl)ccc3Sc3ccccc32)CC1.CS(=O)(=O)O. The highest BCUT2D eigenvalue weighted by Crippen LogP contribution is 2.43. The first-order valence-corrected chi connectivity index (χ1v) is 12.2. The van der Waals surface area contributed by atoms with Crippen LogP contribution >= 0.6 is 23.4 Å². The smallest absolute Gasteiger partial charge is 0.261 e. The molecule has 1 fully saturated rings. The van der Waals surface area contributed by atoms with E-state index in [1.165, 1.54) is 20.9 Å². The molecule has 1 unspecified atom stereocenters. The molecule has 1 atom stereocenters. The molecule has 0 radical (unpaired) electrons. The largest absolute Gasteiger partial charge is 0.304 e.